The van der Waals surface area contributed by atoms with Gasteiger partial charge in [0, 0.05) is 0 Å². The number of rotatable bonds is 5. The number of carbonyl (C=O) groups is 1. The van der Waals surface area contributed by atoms with Crippen molar-refractivity contribution in [2.75, 3.05) is 0 Å². The Labute approximate surface area is 153 Å². The highest BCUT2D eigenvalue weighted by Crippen LogP contribution is 2.17. The van der Waals surface area contributed by atoms with Gasteiger partial charge >= 0.3 is 5.97 Å². The van der Waals surface area contributed by atoms with Gasteiger partial charge in [-0.05, 0) is 11.0 Å². The number of carboxylic acids is 1. The number of hydrogen-bond acceptors (Lipinski definition) is 2. The molecule has 0 aliphatic rings. The Kier molecular flexibility index (Phi) is 5.38. The van der Waals surface area contributed by atoms with Crippen LogP contribution in [0, 0.1) is 0 Å². The summed E-state index contributed by atoms with van der Waals surface area (Å²) in [5.74, 6) is -1.18. The molecule has 3 aromatic rings. The first-order chi connectivity index (χ1) is 12.7. The molecule has 0 radical (unpaired) electrons. The van der Waals surface area contributed by atoms with Crippen LogP contribution in [0.15, 0.2) is 102 Å². The number of aliphatic carboxylic acids is 1. The Hall–Kier alpha value is -3.49. The van der Waals surface area contributed by atoms with E-state index in [9.17, 15) is 9.90 Å². The van der Waals surface area contributed by atoms with Crippen LogP contribution < -0.4 is 16.7 Å². The molecule has 0 aliphatic heterocycles. The van der Waals surface area contributed by atoms with Gasteiger partial charge in [0.2, 0.25) is 0 Å². The molecule has 0 saturated heterocycles. The summed E-state index contributed by atoms with van der Waals surface area (Å²) in [6.07, 6.45) is 0. The third kappa shape index (κ3) is 3.94. The van der Waals surface area contributed by atoms with Crippen molar-refractivity contribution in [2.24, 2.45) is 5.73 Å². The molecular formula is C22H18BNO2. The van der Waals surface area contributed by atoms with Crippen molar-refractivity contribution in [1.82, 2.24) is 0 Å². The zero-order chi connectivity index (χ0) is 18.4. The zero-order valence-corrected chi connectivity index (χ0v) is 14.2. The maximum Gasteiger partial charge on any atom is 0.359 e. The third-order valence-corrected chi connectivity index (χ3v) is 4.14. The molecule has 0 unspecified atom stereocenters. The van der Waals surface area contributed by atoms with Crippen LogP contribution >= 0.6 is 0 Å². The van der Waals surface area contributed by atoms with Crippen LogP contribution in [0.4, 0.5) is 0 Å². The predicted octanol–water partition coefficient (Wildman–Crippen LogP) is 2.44. The summed E-state index contributed by atoms with van der Waals surface area (Å²) < 4.78 is 0. The quantitative estimate of drug-likeness (QED) is 0.426. The van der Waals surface area contributed by atoms with E-state index in [-0.39, 0.29) is 12.4 Å². The Morgan fingerprint density at radius 1 is 0.769 bits per heavy atom. The van der Waals surface area contributed by atoms with Crippen LogP contribution in [-0.2, 0) is 4.79 Å². The number of nitrogens with two attached hydrogens (primary N) is 1. The minimum absolute atomic E-state index is 0.183. The van der Waals surface area contributed by atoms with Gasteiger partial charge in [0.15, 0.2) is 5.70 Å². The van der Waals surface area contributed by atoms with E-state index in [4.69, 9.17) is 5.73 Å². The lowest BCUT2D eigenvalue weighted by molar-refractivity contribution is -0.132. The molecule has 26 heavy (non-hydrogen) atoms. The molecule has 3 rings (SSSR count). The number of carboxylic acid groups (broad SMARTS) is 1. The molecule has 3 aromatic carbocycles. The summed E-state index contributed by atoms with van der Waals surface area (Å²) in [6, 6.07) is 29.5. The van der Waals surface area contributed by atoms with Gasteiger partial charge in [-0.2, -0.15) is 0 Å². The van der Waals surface area contributed by atoms with Crippen LogP contribution in [0.2, 0.25) is 0 Å². The SMILES string of the molecule is NC(=C=C(B(c1ccccc1)c1ccccc1)c1ccccc1)C(=O)O. The maximum atomic E-state index is 11.3. The van der Waals surface area contributed by atoms with Crippen molar-refractivity contribution in [3.63, 3.8) is 0 Å². The van der Waals surface area contributed by atoms with E-state index in [1.54, 1.807) is 0 Å². The lowest BCUT2D eigenvalue weighted by Crippen LogP contribution is -2.43. The average molecular weight is 339 g/mol. The van der Waals surface area contributed by atoms with Crippen molar-refractivity contribution in [1.29, 1.82) is 0 Å². The molecule has 0 spiro atoms. The Morgan fingerprint density at radius 2 is 1.19 bits per heavy atom. The van der Waals surface area contributed by atoms with E-state index in [2.05, 4.69) is 5.73 Å². The maximum absolute atomic E-state index is 11.3. The number of benzene rings is 3. The van der Waals surface area contributed by atoms with Gasteiger partial charge in [0.25, 0.3) is 6.71 Å². The summed E-state index contributed by atoms with van der Waals surface area (Å²) in [5, 5.41) is 9.26. The van der Waals surface area contributed by atoms with Gasteiger partial charge in [-0.25, -0.2) is 4.79 Å². The summed E-state index contributed by atoms with van der Waals surface area (Å²) in [7, 11) is 0. The second-order valence-corrected chi connectivity index (χ2v) is 5.88. The first-order valence-electron chi connectivity index (χ1n) is 8.31. The van der Waals surface area contributed by atoms with E-state index < -0.39 is 5.97 Å². The van der Waals surface area contributed by atoms with Gasteiger partial charge in [-0.3, -0.25) is 0 Å². The lowest BCUT2D eigenvalue weighted by Gasteiger charge is -2.17. The van der Waals surface area contributed by atoms with Crippen LogP contribution in [0.3, 0.4) is 0 Å². The van der Waals surface area contributed by atoms with Crippen molar-refractivity contribution in [3.05, 3.63) is 108 Å². The molecule has 4 heteroatoms. The molecule has 0 amide bonds. The molecule has 0 aromatic heterocycles. The monoisotopic (exact) mass is 339 g/mol. The third-order valence-electron chi connectivity index (χ3n) is 4.14. The molecule has 0 heterocycles. The fraction of sp³-hybridized carbons (Fsp3) is 0. The van der Waals surface area contributed by atoms with Crippen molar-refractivity contribution in [3.8, 4) is 0 Å². The van der Waals surface area contributed by atoms with Gasteiger partial charge < -0.3 is 10.8 Å². The summed E-state index contributed by atoms with van der Waals surface area (Å²) in [5.41, 5.74) is 12.1. The zero-order valence-electron chi connectivity index (χ0n) is 14.2. The van der Waals surface area contributed by atoms with Crippen molar-refractivity contribution < 1.29 is 9.90 Å². The van der Waals surface area contributed by atoms with E-state index >= 15 is 0 Å². The Bertz CT molecular complexity index is 908. The molecule has 126 valence electrons. The summed E-state index contributed by atoms with van der Waals surface area (Å²) in [4.78, 5) is 11.3. The van der Waals surface area contributed by atoms with E-state index in [0.29, 0.717) is 0 Å². The smallest absolute Gasteiger partial charge is 0.359 e. The van der Waals surface area contributed by atoms with Gasteiger partial charge in [-0.15, -0.1) is 0 Å². The second kappa shape index (κ2) is 8.06. The number of hydrogen-bond donors (Lipinski definition) is 2. The van der Waals surface area contributed by atoms with Gasteiger partial charge in [0.1, 0.15) is 0 Å². The van der Waals surface area contributed by atoms with E-state index in [1.165, 1.54) is 0 Å². The molecule has 3 nitrogen and oxygen atoms in total. The van der Waals surface area contributed by atoms with Crippen molar-refractivity contribution >= 4 is 29.1 Å². The minimum Gasteiger partial charge on any atom is -0.476 e. The van der Waals surface area contributed by atoms with Crippen LogP contribution in [0.25, 0.3) is 5.47 Å². The highest BCUT2D eigenvalue weighted by atomic mass is 16.4. The van der Waals surface area contributed by atoms with Gasteiger partial charge in [-0.1, -0.05) is 108 Å². The fourth-order valence-corrected chi connectivity index (χ4v) is 2.94. The normalized spacial score (nSPS) is 9.85. The standard InChI is InChI=1S/C22H18BNO2/c24-21(22(25)26)16-20(17-10-4-1-5-11-17)23(18-12-6-2-7-13-18)19-14-8-3-9-15-19/h1-15H,24H2,(H,25,26). The Morgan fingerprint density at radius 3 is 1.62 bits per heavy atom. The molecule has 0 saturated carbocycles. The fourth-order valence-electron chi connectivity index (χ4n) is 2.94. The average Bonchev–Trinajstić information content (AvgIpc) is 2.69. The highest BCUT2D eigenvalue weighted by molar-refractivity contribution is 6.99. The minimum atomic E-state index is -1.18. The molecule has 0 bridgehead atoms. The topological polar surface area (TPSA) is 63.3 Å². The summed E-state index contributed by atoms with van der Waals surface area (Å²) in [6.45, 7) is -0.183. The van der Waals surface area contributed by atoms with E-state index in [1.807, 2.05) is 91.0 Å². The van der Waals surface area contributed by atoms with Crippen molar-refractivity contribution in [2.45, 2.75) is 0 Å². The second-order valence-electron chi connectivity index (χ2n) is 5.88. The van der Waals surface area contributed by atoms with Crippen LogP contribution in [-0.4, -0.2) is 17.8 Å². The molecule has 0 atom stereocenters. The molecule has 3 N–H and O–H groups in total. The largest absolute Gasteiger partial charge is 0.476 e. The molecular weight excluding hydrogens is 321 g/mol. The van der Waals surface area contributed by atoms with Crippen LogP contribution in [0.5, 0.6) is 0 Å². The van der Waals surface area contributed by atoms with Gasteiger partial charge in [0.05, 0.1) is 0 Å². The molecule has 0 fully saturated rings. The first-order valence-corrected chi connectivity index (χ1v) is 8.31. The predicted molar refractivity (Wildman–Crippen MR) is 107 cm³/mol. The van der Waals surface area contributed by atoms with Crippen LogP contribution in [0.1, 0.15) is 5.56 Å². The Balaban J connectivity index is 2.30. The first kappa shape index (κ1) is 17.3. The summed E-state index contributed by atoms with van der Waals surface area (Å²) >= 11 is 0. The lowest BCUT2D eigenvalue weighted by atomic mass is 9.35. The highest BCUT2D eigenvalue weighted by Gasteiger charge is 2.25. The van der Waals surface area contributed by atoms with E-state index in [0.717, 1.165) is 22.0 Å². The molecule has 0 aliphatic carbocycles.